The molecule has 6 nitrogen and oxygen atoms in total. The van der Waals surface area contributed by atoms with Gasteiger partial charge in [-0.1, -0.05) is 24.3 Å². The normalized spacial score (nSPS) is 14.2. The Bertz CT molecular complexity index is 856. The lowest BCUT2D eigenvalue weighted by molar-refractivity contribution is -0.138. The minimum absolute atomic E-state index is 0. The fourth-order valence-electron chi connectivity index (χ4n) is 2.82. The summed E-state index contributed by atoms with van der Waals surface area (Å²) in [5, 5.41) is 8.91. The van der Waals surface area contributed by atoms with Gasteiger partial charge < -0.3 is 5.11 Å². The predicted molar refractivity (Wildman–Crippen MR) is 97.6 cm³/mol. The standard InChI is InChI=1S/C17H18N2O4S.ClH/c20-17(21)12-19-9-8-13-6-7-15(10-14(13)11-19)18-24(22,23)16-4-2-1-3-5-16;/h1-7,10,18H,8-9,11-12H2,(H,20,21);1H. The molecule has 0 amide bonds. The van der Waals surface area contributed by atoms with E-state index in [1.807, 2.05) is 11.0 Å². The van der Waals surface area contributed by atoms with Crippen LogP contribution in [0.1, 0.15) is 11.1 Å². The van der Waals surface area contributed by atoms with Crippen LogP contribution in [0.4, 0.5) is 5.69 Å². The molecule has 0 fully saturated rings. The highest BCUT2D eigenvalue weighted by molar-refractivity contribution is 7.92. The van der Waals surface area contributed by atoms with Gasteiger partial charge in [0.15, 0.2) is 0 Å². The number of fused-ring (bicyclic) bond motifs is 1. The molecule has 8 heteroatoms. The van der Waals surface area contributed by atoms with Crippen LogP contribution in [0, 0.1) is 0 Å². The van der Waals surface area contributed by atoms with Crippen LogP contribution < -0.4 is 4.72 Å². The highest BCUT2D eigenvalue weighted by atomic mass is 35.5. The van der Waals surface area contributed by atoms with E-state index in [-0.39, 0.29) is 23.8 Å². The topological polar surface area (TPSA) is 86.7 Å². The van der Waals surface area contributed by atoms with Crippen molar-refractivity contribution < 1.29 is 18.3 Å². The van der Waals surface area contributed by atoms with E-state index in [2.05, 4.69) is 4.72 Å². The lowest BCUT2D eigenvalue weighted by Gasteiger charge is -2.27. The molecule has 25 heavy (non-hydrogen) atoms. The SMILES string of the molecule is Cl.O=C(O)CN1CCc2ccc(NS(=O)(=O)c3ccccc3)cc2C1. The van der Waals surface area contributed by atoms with Gasteiger partial charge in [0.2, 0.25) is 0 Å². The Balaban J connectivity index is 0.00000225. The molecule has 0 radical (unpaired) electrons. The molecular weight excluding hydrogens is 364 g/mol. The number of carboxylic acid groups (broad SMARTS) is 1. The van der Waals surface area contributed by atoms with Gasteiger partial charge in [0.1, 0.15) is 0 Å². The van der Waals surface area contributed by atoms with E-state index < -0.39 is 16.0 Å². The molecule has 1 heterocycles. The second-order valence-corrected chi connectivity index (χ2v) is 7.44. The molecule has 0 saturated heterocycles. The van der Waals surface area contributed by atoms with E-state index in [0.29, 0.717) is 18.8 Å². The summed E-state index contributed by atoms with van der Waals surface area (Å²) >= 11 is 0. The summed E-state index contributed by atoms with van der Waals surface area (Å²) in [6, 6.07) is 13.6. The van der Waals surface area contributed by atoms with Gasteiger partial charge in [0, 0.05) is 18.8 Å². The van der Waals surface area contributed by atoms with Gasteiger partial charge in [-0.2, -0.15) is 0 Å². The van der Waals surface area contributed by atoms with E-state index in [4.69, 9.17) is 5.11 Å². The van der Waals surface area contributed by atoms with E-state index >= 15 is 0 Å². The fraction of sp³-hybridized carbons (Fsp3) is 0.235. The lowest BCUT2D eigenvalue weighted by atomic mass is 9.99. The summed E-state index contributed by atoms with van der Waals surface area (Å²) in [5.41, 5.74) is 2.56. The maximum Gasteiger partial charge on any atom is 0.317 e. The Morgan fingerprint density at radius 2 is 1.84 bits per heavy atom. The molecule has 0 spiro atoms. The van der Waals surface area contributed by atoms with Crippen LogP contribution in [-0.2, 0) is 27.8 Å². The van der Waals surface area contributed by atoms with Crippen LogP contribution in [0.3, 0.4) is 0 Å². The Kier molecular flexibility index (Phi) is 6.05. The van der Waals surface area contributed by atoms with Gasteiger partial charge in [0.25, 0.3) is 10.0 Å². The first-order valence-electron chi connectivity index (χ1n) is 7.58. The quantitative estimate of drug-likeness (QED) is 0.828. The highest BCUT2D eigenvalue weighted by Gasteiger charge is 2.20. The Labute approximate surface area is 152 Å². The van der Waals surface area contributed by atoms with Crippen LogP contribution in [0.2, 0.25) is 0 Å². The number of hydrogen-bond donors (Lipinski definition) is 2. The van der Waals surface area contributed by atoms with Crippen molar-refractivity contribution in [3.8, 4) is 0 Å². The van der Waals surface area contributed by atoms with Gasteiger partial charge >= 0.3 is 5.97 Å². The molecule has 2 aromatic rings. The van der Waals surface area contributed by atoms with Crippen LogP contribution in [-0.4, -0.2) is 37.5 Å². The smallest absolute Gasteiger partial charge is 0.317 e. The van der Waals surface area contributed by atoms with Crippen molar-refractivity contribution in [3.05, 3.63) is 59.7 Å². The molecule has 134 valence electrons. The average molecular weight is 383 g/mol. The van der Waals surface area contributed by atoms with Crippen molar-refractivity contribution >= 4 is 34.1 Å². The number of hydrogen-bond acceptors (Lipinski definition) is 4. The number of nitrogens with zero attached hydrogens (tertiary/aromatic N) is 1. The summed E-state index contributed by atoms with van der Waals surface area (Å²) in [6.07, 6.45) is 0.758. The lowest BCUT2D eigenvalue weighted by Crippen LogP contribution is -2.34. The van der Waals surface area contributed by atoms with E-state index in [1.54, 1.807) is 30.3 Å². The number of rotatable bonds is 5. The number of halogens is 1. The molecule has 0 atom stereocenters. The molecule has 3 rings (SSSR count). The molecule has 0 aliphatic carbocycles. The molecule has 0 saturated carbocycles. The first kappa shape index (κ1) is 19.2. The monoisotopic (exact) mass is 382 g/mol. The molecule has 1 aliphatic rings. The molecule has 0 unspecified atom stereocenters. The molecule has 0 aromatic heterocycles. The number of anilines is 1. The van der Waals surface area contributed by atoms with Crippen molar-refractivity contribution in [1.29, 1.82) is 0 Å². The first-order chi connectivity index (χ1) is 11.4. The second-order valence-electron chi connectivity index (χ2n) is 5.76. The largest absolute Gasteiger partial charge is 0.480 e. The zero-order valence-corrected chi connectivity index (χ0v) is 15.0. The Morgan fingerprint density at radius 3 is 2.52 bits per heavy atom. The minimum Gasteiger partial charge on any atom is -0.480 e. The Hall–Kier alpha value is -2.09. The summed E-state index contributed by atoms with van der Waals surface area (Å²) in [4.78, 5) is 12.9. The van der Waals surface area contributed by atoms with Crippen LogP contribution >= 0.6 is 12.4 Å². The molecule has 2 N–H and O–H groups in total. The van der Waals surface area contributed by atoms with E-state index in [1.165, 1.54) is 12.1 Å². The summed E-state index contributed by atoms with van der Waals surface area (Å²) in [7, 11) is -3.63. The third-order valence-corrected chi connectivity index (χ3v) is 5.36. The first-order valence-corrected chi connectivity index (χ1v) is 9.06. The van der Waals surface area contributed by atoms with Gasteiger partial charge in [-0.3, -0.25) is 14.4 Å². The zero-order chi connectivity index (χ0) is 17.2. The van der Waals surface area contributed by atoms with Crippen molar-refractivity contribution in [2.75, 3.05) is 17.8 Å². The van der Waals surface area contributed by atoms with Crippen molar-refractivity contribution in [2.45, 2.75) is 17.9 Å². The van der Waals surface area contributed by atoms with Crippen LogP contribution in [0.5, 0.6) is 0 Å². The summed E-state index contributed by atoms with van der Waals surface area (Å²) in [5.74, 6) is -0.862. The number of aliphatic carboxylic acids is 1. The summed E-state index contributed by atoms with van der Waals surface area (Å²) < 4.78 is 27.3. The highest BCUT2D eigenvalue weighted by Crippen LogP contribution is 2.24. The number of carboxylic acids is 1. The van der Waals surface area contributed by atoms with Gasteiger partial charge in [-0.25, -0.2) is 8.42 Å². The van der Waals surface area contributed by atoms with Gasteiger partial charge in [0.05, 0.1) is 11.4 Å². The van der Waals surface area contributed by atoms with Crippen LogP contribution in [0.25, 0.3) is 0 Å². The van der Waals surface area contributed by atoms with Gasteiger partial charge in [-0.15, -0.1) is 12.4 Å². The minimum atomic E-state index is -3.63. The zero-order valence-electron chi connectivity index (χ0n) is 13.4. The molecule has 1 aliphatic heterocycles. The third kappa shape index (κ3) is 4.72. The van der Waals surface area contributed by atoms with Crippen LogP contribution in [0.15, 0.2) is 53.4 Å². The number of nitrogens with one attached hydrogen (secondary N) is 1. The Morgan fingerprint density at radius 1 is 1.12 bits per heavy atom. The van der Waals surface area contributed by atoms with E-state index in [9.17, 15) is 13.2 Å². The number of sulfonamides is 1. The summed E-state index contributed by atoms with van der Waals surface area (Å²) in [6.45, 7) is 1.18. The van der Waals surface area contributed by atoms with Gasteiger partial charge in [-0.05, 0) is 41.8 Å². The van der Waals surface area contributed by atoms with Crippen molar-refractivity contribution in [1.82, 2.24) is 4.90 Å². The number of carbonyl (C=O) groups is 1. The third-order valence-electron chi connectivity index (χ3n) is 3.96. The van der Waals surface area contributed by atoms with Crippen molar-refractivity contribution in [3.63, 3.8) is 0 Å². The predicted octanol–water partition coefficient (Wildman–Crippen LogP) is 2.35. The fourth-order valence-corrected chi connectivity index (χ4v) is 3.89. The molecule has 2 aromatic carbocycles. The average Bonchev–Trinajstić information content (AvgIpc) is 2.54. The second kappa shape index (κ2) is 7.86. The number of benzene rings is 2. The molecule has 0 bridgehead atoms. The molecular formula is C17H19ClN2O4S. The maximum atomic E-state index is 12.4. The van der Waals surface area contributed by atoms with Crippen molar-refractivity contribution in [2.24, 2.45) is 0 Å². The van der Waals surface area contributed by atoms with E-state index in [0.717, 1.165) is 17.5 Å². The maximum absolute atomic E-state index is 12.4.